The second kappa shape index (κ2) is 8.30. The average molecular weight is 374 g/mol. The Bertz CT molecular complexity index is 775. The Morgan fingerprint density at radius 2 is 1.85 bits per heavy atom. The molecule has 0 aromatic heterocycles. The summed E-state index contributed by atoms with van der Waals surface area (Å²) in [5, 5.41) is 10.9. The molecule has 1 atom stereocenters. The lowest BCUT2D eigenvalue weighted by atomic mass is 10.0. The first-order chi connectivity index (χ1) is 13.0. The van der Waals surface area contributed by atoms with E-state index in [9.17, 15) is 19.2 Å². The largest absolute Gasteiger partial charge is 0.493 e. The van der Waals surface area contributed by atoms with Gasteiger partial charge in [-0.25, -0.2) is 0 Å². The molecule has 0 saturated carbocycles. The van der Waals surface area contributed by atoms with E-state index in [4.69, 9.17) is 9.84 Å². The summed E-state index contributed by atoms with van der Waals surface area (Å²) in [4.78, 5) is 49.9. The highest BCUT2D eigenvalue weighted by atomic mass is 16.5. The van der Waals surface area contributed by atoms with E-state index >= 15 is 0 Å². The van der Waals surface area contributed by atoms with E-state index < -0.39 is 29.7 Å². The zero-order valence-corrected chi connectivity index (χ0v) is 14.9. The molecule has 0 bridgehead atoms. The van der Waals surface area contributed by atoms with Gasteiger partial charge in [0.15, 0.2) is 0 Å². The van der Waals surface area contributed by atoms with Crippen LogP contribution in [0.15, 0.2) is 18.2 Å². The number of ether oxygens (including phenoxy) is 1. The number of hydrogen-bond donors (Lipinski definition) is 2. The van der Waals surface area contributed by atoms with Gasteiger partial charge in [-0.1, -0.05) is 12.5 Å². The molecule has 1 fully saturated rings. The molecule has 8 nitrogen and oxygen atoms in total. The zero-order chi connectivity index (χ0) is 19.4. The SMILES string of the molecule is O=C1CCC(N2C(=O)c3cccc(OCCCCCCO)c3C2=O)C(=O)N1. The molecular formula is C19H22N2O6. The molecule has 4 amide bonds. The molecule has 2 aliphatic rings. The fourth-order valence-corrected chi connectivity index (χ4v) is 3.35. The van der Waals surface area contributed by atoms with Gasteiger partial charge in [0.25, 0.3) is 11.8 Å². The first-order valence-corrected chi connectivity index (χ1v) is 9.13. The number of imide groups is 2. The number of fused-ring (bicyclic) bond motifs is 1. The van der Waals surface area contributed by atoms with Gasteiger partial charge in [-0.15, -0.1) is 0 Å². The van der Waals surface area contributed by atoms with Gasteiger partial charge in [0.05, 0.1) is 17.7 Å². The molecule has 0 aliphatic carbocycles. The monoisotopic (exact) mass is 374 g/mol. The van der Waals surface area contributed by atoms with E-state index in [1.165, 1.54) is 6.07 Å². The molecule has 1 aromatic carbocycles. The summed E-state index contributed by atoms with van der Waals surface area (Å²) < 4.78 is 5.71. The highest BCUT2D eigenvalue weighted by Crippen LogP contribution is 2.33. The summed E-state index contributed by atoms with van der Waals surface area (Å²) in [7, 11) is 0. The lowest BCUT2D eigenvalue weighted by molar-refractivity contribution is -0.136. The number of aliphatic hydroxyl groups is 1. The van der Waals surface area contributed by atoms with Gasteiger partial charge in [0.1, 0.15) is 11.8 Å². The number of benzene rings is 1. The molecule has 0 radical (unpaired) electrons. The minimum atomic E-state index is -0.985. The smallest absolute Gasteiger partial charge is 0.266 e. The normalized spacial score (nSPS) is 19.3. The van der Waals surface area contributed by atoms with Crippen molar-refractivity contribution in [2.24, 2.45) is 0 Å². The maximum atomic E-state index is 12.9. The molecule has 1 aromatic rings. The number of nitrogens with zero attached hydrogens (tertiary/aromatic N) is 1. The first kappa shape index (κ1) is 19.0. The van der Waals surface area contributed by atoms with Crippen molar-refractivity contribution in [3.8, 4) is 5.75 Å². The summed E-state index contributed by atoms with van der Waals surface area (Å²) in [5.74, 6) is -1.83. The predicted molar refractivity (Wildman–Crippen MR) is 94.2 cm³/mol. The van der Waals surface area contributed by atoms with Crippen LogP contribution >= 0.6 is 0 Å². The number of carbonyl (C=O) groups excluding carboxylic acids is 4. The van der Waals surface area contributed by atoms with Gasteiger partial charge < -0.3 is 9.84 Å². The number of amides is 4. The number of nitrogens with one attached hydrogen (secondary N) is 1. The van der Waals surface area contributed by atoms with E-state index in [1.54, 1.807) is 12.1 Å². The van der Waals surface area contributed by atoms with Gasteiger partial charge in [-0.2, -0.15) is 0 Å². The van der Waals surface area contributed by atoms with Crippen molar-refractivity contribution in [2.75, 3.05) is 13.2 Å². The number of piperidine rings is 1. The summed E-state index contributed by atoms with van der Waals surface area (Å²) in [5.41, 5.74) is 0.380. The number of aliphatic hydroxyl groups excluding tert-OH is 1. The Kier molecular flexibility index (Phi) is 5.85. The Hall–Kier alpha value is -2.74. The Morgan fingerprint density at radius 3 is 2.59 bits per heavy atom. The van der Waals surface area contributed by atoms with E-state index in [0.29, 0.717) is 12.4 Å². The molecule has 2 heterocycles. The Morgan fingerprint density at radius 1 is 1.07 bits per heavy atom. The fraction of sp³-hybridized carbons (Fsp3) is 0.474. The predicted octanol–water partition coefficient (Wildman–Crippen LogP) is 1.02. The minimum absolute atomic E-state index is 0.0843. The Labute approximate surface area is 156 Å². The van der Waals surface area contributed by atoms with Crippen LogP contribution in [0.3, 0.4) is 0 Å². The summed E-state index contributed by atoms with van der Waals surface area (Å²) in [6.45, 7) is 0.557. The van der Waals surface area contributed by atoms with Gasteiger partial charge in [-0.3, -0.25) is 29.4 Å². The minimum Gasteiger partial charge on any atom is -0.493 e. The van der Waals surface area contributed by atoms with E-state index in [0.717, 1.165) is 30.6 Å². The molecule has 2 N–H and O–H groups in total. The van der Waals surface area contributed by atoms with Crippen molar-refractivity contribution in [1.29, 1.82) is 0 Å². The van der Waals surface area contributed by atoms with Crippen molar-refractivity contribution in [3.05, 3.63) is 29.3 Å². The van der Waals surface area contributed by atoms with E-state index in [2.05, 4.69) is 5.32 Å². The number of rotatable bonds is 8. The Balaban J connectivity index is 1.72. The van der Waals surface area contributed by atoms with E-state index in [1.807, 2.05) is 0 Å². The zero-order valence-electron chi connectivity index (χ0n) is 14.9. The van der Waals surface area contributed by atoms with Crippen molar-refractivity contribution >= 4 is 23.6 Å². The summed E-state index contributed by atoms with van der Waals surface area (Å²) >= 11 is 0. The summed E-state index contributed by atoms with van der Waals surface area (Å²) in [6.07, 6.45) is 3.51. The van der Waals surface area contributed by atoms with Crippen LogP contribution in [0, 0.1) is 0 Å². The standard InChI is InChI=1S/C19H22N2O6/c22-10-3-1-2-4-11-27-14-7-5-6-12-16(14)19(26)21(18(12)25)13-8-9-15(23)20-17(13)24/h5-7,13,22H,1-4,8-11H2,(H,20,23,24). The fourth-order valence-electron chi connectivity index (χ4n) is 3.35. The van der Waals surface area contributed by atoms with Crippen LogP contribution in [0.1, 0.15) is 59.2 Å². The number of hydrogen-bond acceptors (Lipinski definition) is 6. The molecule has 1 unspecified atom stereocenters. The molecule has 8 heteroatoms. The average Bonchev–Trinajstić information content (AvgIpc) is 2.90. The third kappa shape index (κ3) is 3.85. The van der Waals surface area contributed by atoms with Gasteiger partial charge in [-0.05, 0) is 37.8 Å². The van der Waals surface area contributed by atoms with Gasteiger partial charge in [0, 0.05) is 13.0 Å². The van der Waals surface area contributed by atoms with Crippen molar-refractivity contribution in [2.45, 2.75) is 44.6 Å². The van der Waals surface area contributed by atoms with Gasteiger partial charge in [0.2, 0.25) is 11.8 Å². The van der Waals surface area contributed by atoms with Crippen LogP contribution in [0.5, 0.6) is 5.75 Å². The molecule has 144 valence electrons. The third-order valence-electron chi connectivity index (χ3n) is 4.74. The van der Waals surface area contributed by atoms with Crippen molar-refractivity contribution < 1.29 is 29.0 Å². The molecule has 1 saturated heterocycles. The van der Waals surface area contributed by atoms with Crippen molar-refractivity contribution in [1.82, 2.24) is 10.2 Å². The maximum Gasteiger partial charge on any atom is 0.266 e. The lowest BCUT2D eigenvalue weighted by Gasteiger charge is -2.27. The second-order valence-electron chi connectivity index (χ2n) is 6.61. The second-order valence-corrected chi connectivity index (χ2v) is 6.61. The first-order valence-electron chi connectivity index (χ1n) is 9.13. The third-order valence-corrected chi connectivity index (χ3v) is 4.74. The van der Waals surface area contributed by atoms with Crippen LogP contribution in [-0.4, -0.2) is 52.9 Å². The van der Waals surface area contributed by atoms with Crippen LogP contribution in [0.25, 0.3) is 0 Å². The maximum absolute atomic E-state index is 12.9. The topological polar surface area (TPSA) is 113 Å². The molecule has 27 heavy (non-hydrogen) atoms. The van der Waals surface area contributed by atoms with Gasteiger partial charge >= 0.3 is 0 Å². The lowest BCUT2D eigenvalue weighted by Crippen LogP contribution is -2.54. The number of carbonyl (C=O) groups is 4. The summed E-state index contributed by atoms with van der Waals surface area (Å²) in [6, 6.07) is 3.82. The molecule has 0 spiro atoms. The quantitative estimate of drug-likeness (QED) is 0.519. The van der Waals surface area contributed by atoms with Crippen LogP contribution in [0.4, 0.5) is 0 Å². The number of unbranched alkanes of at least 4 members (excludes halogenated alkanes) is 3. The highest BCUT2D eigenvalue weighted by molar-refractivity contribution is 6.24. The van der Waals surface area contributed by atoms with Crippen LogP contribution < -0.4 is 10.1 Å². The highest BCUT2D eigenvalue weighted by Gasteiger charge is 2.45. The molecule has 2 aliphatic heterocycles. The van der Waals surface area contributed by atoms with Crippen molar-refractivity contribution in [3.63, 3.8) is 0 Å². The van der Waals surface area contributed by atoms with E-state index in [-0.39, 0.29) is 30.6 Å². The molecular weight excluding hydrogens is 352 g/mol. The van der Waals surface area contributed by atoms with Crippen LogP contribution in [-0.2, 0) is 9.59 Å². The molecule has 3 rings (SSSR count). The van der Waals surface area contributed by atoms with Crippen LogP contribution in [0.2, 0.25) is 0 Å².